The van der Waals surface area contributed by atoms with E-state index in [2.05, 4.69) is 74.8 Å². The molecular weight excluding hydrogens is 762 g/mol. The third kappa shape index (κ3) is 9.20. The molecule has 13 unspecified atom stereocenters. The van der Waals surface area contributed by atoms with Gasteiger partial charge in [0.1, 0.15) is 35.6 Å². The summed E-state index contributed by atoms with van der Waals surface area (Å²) < 4.78 is 25.8. The molecular formula is C43H60ClN7O7. The second kappa shape index (κ2) is 19.4. The number of rotatable bonds is 11. The Balaban J connectivity index is 0.000000202. The zero-order valence-electron chi connectivity index (χ0n) is 33.6. The Labute approximate surface area is 346 Å². The molecule has 2 saturated heterocycles. The van der Waals surface area contributed by atoms with E-state index in [1.807, 2.05) is 56.8 Å². The Morgan fingerprint density at radius 2 is 1.45 bits per heavy atom. The van der Waals surface area contributed by atoms with Crippen molar-refractivity contribution in [1.29, 1.82) is 0 Å². The lowest BCUT2D eigenvalue weighted by Gasteiger charge is -2.48. The van der Waals surface area contributed by atoms with Crippen molar-refractivity contribution in [3.8, 4) is 0 Å². The Bertz CT molecular complexity index is 1810. The molecule has 14 nitrogen and oxygen atoms in total. The fraction of sp³-hybridized carbons (Fsp3) is 0.512. The second-order valence-electron chi connectivity index (χ2n) is 15.8. The molecule has 58 heavy (non-hydrogen) atoms. The topological polar surface area (TPSA) is 218 Å². The number of nitrogens with two attached hydrogens (primary N) is 3. The van der Waals surface area contributed by atoms with Gasteiger partial charge in [0, 0.05) is 41.1 Å². The molecule has 7 rings (SSSR count). The normalized spacial score (nSPS) is 33.5. The lowest BCUT2D eigenvalue weighted by molar-refractivity contribution is -0.307. The van der Waals surface area contributed by atoms with Gasteiger partial charge in [0.15, 0.2) is 12.6 Å². The number of hydrogen-bond acceptors (Lipinski definition) is 13. The van der Waals surface area contributed by atoms with Crippen molar-refractivity contribution in [1.82, 2.24) is 20.2 Å². The van der Waals surface area contributed by atoms with E-state index in [4.69, 9.17) is 47.7 Å². The van der Waals surface area contributed by atoms with Gasteiger partial charge in [0.25, 0.3) is 0 Å². The van der Waals surface area contributed by atoms with Gasteiger partial charge in [-0.1, -0.05) is 90.5 Å². The monoisotopic (exact) mass is 821 g/mol. The van der Waals surface area contributed by atoms with Gasteiger partial charge >= 0.3 is 0 Å². The smallest absolute Gasteiger partial charge is 0.185 e. The minimum Gasteiger partial charge on any atom is -0.388 e. The highest BCUT2D eigenvalue weighted by Crippen LogP contribution is 2.43. The highest BCUT2D eigenvalue weighted by molar-refractivity contribution is 6.31. The molecule has 13 atom stereocenters. The number of nitrogens with one attached hydrogen (secondary N) is 2. The van der Waals surface area contributed by atoms with Crippen molar-refractivity contribution in [2.45, 2.75) is 118 Å². The summed E-state index contributed by atoms with van der Waals surface area (Å²) in [5, 5.41) is 39.1. The highest BCUT2D eigenvalue weighted by Gasteiger charge is 2.51. The average Bonchev–Trinajstić information content (AvgIpc) is 3.77. The molecule has 0 amide bonds. The fourth-order valence-electron chi connectivity index (χ4n) is 8.52. The van der Waals surface area contributed by atoms with Crippen molar-refractivity contribution in [3.63, 3.8) is 0 Å². The molecule has 2 aliphatic heterocycles. The maximum atomic E-state index is 11.1. The summed E-state index contributed by atoms with van der Waals surface area (Å²) >= 11 is 6.69. The Morgan fingerprint density at radius 1 is 0.862 bits per heavy atom. The first-order chi connectivity index (χ1) is 27.8. The number of aromatic nitrogens is 2. The first kappa shape index (κ1) is 44.2. The van der Waals surface area contributed by atoms with Crippen LogP contribution in [0.5, 0.6) is 0 Å². The minimum atomic E-state index is -1.29. The maximum absolute atomic E-state index is 11.1. The molecule has 15 heteroatoms. The summed E-state index contributed by atoms with van der Waals surface area (Å²) in [5.41, 5.74) is 20.2. The zero-order chi connectivity index (χ0) is 41.6. The van der Waals surface area contributed by atoms with Crippen LogP contribution < -0.4 is 27.8 Å². The van der Waals surface area contributed by atoms with E-state index >= 15 is 0 Å². The Hall–Kier alpha value is -3.32. The average molecular weight is 822 g/mol. The Kier molecular flexibility index (Phi) is 14.8. The molecule has 0 radical (unpaired) electrons. The van der Waals surface area contributed by atoms with Crippen LogP contribution in [-0.4, -0.2) is 124 Å². The largest absolute Gasteiger partial charge is 0.388 e. The van der Waals surface area contributed by atoms with Gasteiger partial charge in [-0.15, -0.1) is 0 Å². The number of aliphatic hydroxyl groups is 3. The van der Waals surface area contributed by atoms with Gasteiger partial charge in [-0.3, -0.25) is 0 Å². The number of hydrogen-bond donors (Lipinski definition) is 8. The van der Waals surface area contributed by atoms with E-state index in [9.17, 15) is 15.3 Å². The maximum Gasteiger partial charge on any atom is 0.185 e. The summed E-state index contributed by atoms with van der Waals surface area (Å²) in [6.45, 7) is 3.52. The lowest BCUT2D eigenvalue weighted by atomic mass is 9.76. The molecule has 0 bridgehead atoms. The molecule has 316 valence electrons. The van der Waals surface area contributed by atoms with Gasteiger partial charge < -0.3 is 66.7 Å². The van der Waals surface area contributed by atoms with E-state index in [-0.39, 0.29) is 24.8 Å². The van der Waals surface area contributed by atoms with Gasteiger partial charge in [-0.25, -0.2) is 4.98 Å². The molecule has 3 aromatic carbocycles. The fourth-order valence-corrected chi connectivity index (χ4v) is 8.79. The van der Waals surface area contributed by atoms with Crippen LogP contribution in [0, 0.1) is 0 Å². The predicted octanol–water partition coefficient (Wildman–Crippen LogP) is 2.05. The summed E-state index contributed by atoms with van der Waals surface area (Å²) in [4.78, 5) is 4.31. The van der Waals surface area contributed by atoms with Crippen molar-refractivity contribution >= 4 is 11.6 Å². The SMILES string of the molecule is CNC(C)C1CCC(N)C(OC2C(N)CC(N)C(OC3OCC(C)(O)C(NC)C3O)C2O)O1.Clc1ccccc1C(c1ccccc1)(c1ccccc1)n1ccnc1. The van der Waals surface area contributed by atoms with Crippen LogP contribution in [0.1, 0.15) is 49.8 Å². The number of nitrogens with zero attached hydrogens (tertiary/aromatic N) is 2. The molecule has 1 aromatic heterocycles. The molecule has 3 fully saturated rings. The highest BCUT2D eigenvalue weighted by atomic mass is 35.5. The molecule has 3 heterocycles. The van der Waals surface area contributed by atoms with Crippen molar-refractivity contribution in [2.24, 2.45) is 17.2 Å². The molecule has 1 aliphatic carbocycles. The summed E-state index contributed by atoms with van der Waals surface area (Å²) in [5.74, 6) is 0. The van der Waals surface area contributed by atoms with E-state index in [0.29, 0.717) is 12.8 Å². The van der Waals surface area contributed by atoms with Crippen LogP contribution in [0.2, 0.25) is 5.02 Å². The van der Waals surface area contributed by atoms with Gasteiger partial charge in [-0.05, 0) is 64.4 Å². The van der Waals surface area contributed by atoms with Gasteiger partial charge in [-0.2, -0.15) is 0 Å². The Morgan fingerprint density at radius 3 is 2.00 bits per heavy atom. The molecule has 4 aromatic rings. The third-order valence-electron chi connectivity index (χ3n) is 11.8. The number of ether oxygens (including phenoxy) is 4. The van der Waals surface area contributed by atoms with E-state index in [1.165, 1.54) is 0 Å². The van der Waals surface area contributed by atoms with E-state index in [1.54, 1.807) is 20.2 Å². The van der Waals surface area contributed by atoms with Crippen LogP contribution in [0.3, 0.4) is 0 Å². The zero-order valence-corrected chi connectivity index (χ0v) is 34.3. The van der Waals surface area contributed by atoms with E-state index < -0.39 is 66.3 Å². The number of benzene rings is 3. The van der Waals surface area contributed by atoms with Gasteiger partial charge in [0.05, 0.1) is 31.1 Å². The van der Waals surface area contributed by atoms with Crippen molar-refractivity contribution in [2.75, 3.05) is 20.7 Å². The quantitative estimate of drug-likeness (QED) is 0.102. The van der Waals surface area contributed by atoms with E-state index in [0.717, 1.165) is 28.1 Å². The van der Waals surface area contributed by atoms with Gasteiger partial charge in [0.2, 0.25) is 0 Å². The van der Waals surface area contributed by atoms with Crippen molar-refractivity contribution < 1.29 is 34.3 Å². The van der Waals surface area contributed by atoms with Crippen LogP contribution in [0.25, 0.3) is 0 Å². The lowest BCUT2D eigenvalue weighted by Crippen LogP contribution is -2.68. The van der Waals surface area contributed by atoms with Crippen LogP contribution in [0.15, 0.2) is 104 Å². The van der Waals surface area contributed by atoms with Crippen LogP contribution in [0.4, 0.5) is 0 Å². The van der Waals surface area contributed by atoms with Crippen LogP contribution >= 0.6 is 11.6 Å². The molecule has 1 saturated carbocycles. The predicted molar refractivity (Wildman–Crippen MR) is 222 cm³/mol. The molecule has 11 N–H and O–H groups in total. The standard InChI is InChI=1S/C22H17ClN2.C21H43N5O7/c23-21-14-8-7-13-20(21)22(25-16-15-24-17-25,18-9-3-1-4-10-18)19-11-5-2-6-12-19;1-9(25-3)13-6-5-10(22)19(31-13)32-16-11(23)7-12(24)17(14(16)27)33-20-15(28)18(26-4)21(2,29)8-30-20/h1-17H;9-20,25-29H,5-8,22-24H2,1-4H3. The van der Waals surface area contributed by atoms with Crippen molar-refractivity contribution in [3.05, 3.63) is 125 Å². The number of halogens is 1. The minimum absolute atomic E-state index is 0.0620. The number of aliphatic hydroxyl groups excluding tert-OH is 2. The second-order valence-corrected chi connectivity index (χ2v) is 16.2. The molecule has 3 aliphatic rings. The number of likely N-dealkylation sites (N-methyl/N-ethyl adjacent to an activating group) is 2. The summed E-state index contributed by atoms with van der Waals surface area (Å²) in [6, 6.07) is 26.7. The van der Waals surface area contributed by atoms with Crippen LogP contribution in [-0.2, 0) is 24.5 Å². The summed E-state index contributed by atoms with van der Waals surface area (Å²) in [7, 11) is 3.49. The molecule has 0 spiro atoms. The third-order valence-corrected chi connectivity index (χ3v) is 12.1. The summed E-state index contributed by atoms with van der Waals surface area (Å²) in [6.07, 6.45) is 1.42. The first-order valence-electron chi connectivity index (χ1n) is 20.0. The number of imidazole rings is 1. The first-order valence-corrected chi connectivity index (χ1v) is 20.3.